The van der Waals surface area contributed by atoms with Crippen LogP contribution in [0.2, 0.25) is 5.02 Å². The molecule has 2 fully saturated rings. The number of carbonyl (C=O) groups excluding carboxylic acids is 1. The summed E-state index contributed by atoms with van der Waals surface area (Å²) in [6.07, 6.45) is 4.80. The molecule has 178 valence electrons. The number of hydrogen-bond acceptors (Lipinski definition) is 4. The molecule has 0 spiro atoms. The third-order valence-corrected chi connectivity index (χ3v) is 7.27. The molecule has 1 aliphatic carbocycles. The number of likely N-dealkylation sites (tertiary alicyclic amines) is 1. The summed E-state index contributed by atoms with van der Waals surface area (Å²) in [5.74, 6) is 0.914. The van der Waals surface area contributed by atoms with E-state index in [0.29, 0.717) is 37.0 Å². The summed E-state index contributed by atoms with van der Waals surface area (Å²) in [6.45, 7) is 4.21. The van der Waals surface area contributed by atoms with Crippen LogP contribution in [0.5, 0.6) is 5.75 Å². The Morgan fingerprint density at radius 1 is 1.09 bits per heavy atom. The molecule has 1 heterocycles. The number of halogens is 1. The molecule has 1 aliphatic heterocycles. The minimum atomic E-state index is -0.579. The first-order valence-electron chi connectivity index (χ1n) is 12.0. The average molecular weight is 472 g/mol. The Hall–Kier alpha value is -2.08. The van der Waals surface area contributed by atoms with E-state index in [0.717, 1.165) is 49.8 Å². The number of rotatable bonds is 9. The SMILES string of the molecule is CC1(O)CCC(N2CCC(Cc3ccc(OCCOCc4ccccc4)cc3Cl)C2=O)CC1. The summed E-state index contributed by atoms with van der Waals surface area (Å²) in [5.41, 5.74) is 1.54. The second kappa shape index (κ2) is 10.9. The molecule has 5 nitrogen and oxygen atoms in total. The molecule has 4 rings (SSSR count). The van der Waals surface area contributed by atoms with Crippen molar-refractivity contribution in [1.29, 1.82) is 0 Å². The monoisotopic (exact) mass is 471 g/mol. The van der Waals surface area contributed by atoms with E-state index in [1.807, 2.05) is 60.4 Å². The number of amides is 1. The molecule has 0 radical (unpaired) electrons. The number of carbonyl (C=O) groups is 1. The Kier molecular flexibility index (Phi) is 7.94. The summed E-state index contributed by atoms with van der Waals surface area (Å²) in [7, 11) is 0. The van der Waals surface area contributed by atoms with Crippen LogP contribution in [0.4, 0.5) is 0 Å². The van der Waals surface area contributed by atoms with Crippen LogP contribution in [0.3, 0.4) is 0 Å². The fourth-order valence-corrected chi connectivity index (χ4v) is 5.13. The third kappa shape index (κ3) is 6.50. The zero-order valence-corrected chi connectivity index (χ0v) is 20.1. The largest absolute Gasteiger partial charge is 0.491 e. The summed E-state index contributed by atoms with van der Waals surface area (Å²) in [4.78, 5) is 15.1. The highest BCUT2D eigenvalue weighted by Crippen LogP contribution is 2.35. The molecule has 0 aromatic heterocycles. The van der Waals surface area contributed by atoms with E-state index in [9.17, 15) is 9.90 Å². The van der Waals surface area contributed by atoms with Gasteiger partial charge in [-0.05, 0) is 68.7 Å². The van der Waals surface area contributed by atoms with Gasteiger partial charge in [0.05, 0.1) is 18.8 Å². The second-order valence-corrected chi connectivity index (χ2v) is 10.00. The molecule has 0 bridgehead atoms. The molecule has 33 heavy (non-hydrogen) atoms. The normalized spacial score (nSPS) is 25.4. The summed E-state index contributed by atoms with van der Waals surface area (Å²) >= 11 is 6.53. The van der Waals surface area contributed by atoms with Crippen LogP contribution < -0.4 is 4.74 Å². The van der Waals surface area contributed by atoms with Crippen molar-refractivity contribution in [3.8, 4) is 5.75 Å². The fraction of sp³-hybridized carbons (Fsp3) is 0.519. The van der Waals surface area contributed by atoms with Crippen LogP contribution in [0.15, 0.2) is 48.5 Å². The Morgan fingerprint density at radius 2 is 1.85 bits per heavy atom. The lowest BCUT2D eigenvalue weighted by molar-refractivity contribution is -0.134. The highest BCUT2D eigenvalue weighted by Gasteiger charge is 2.39. The van der Waals surface area contributed by atoms with Crippen LogP contribution in [0, 0.1) is 5.92 Å². The van der Waals surface area contributed by atoms with E-state index in [4.69, 9.17) is 21.1 Å². The van der Waals surface area contributed by atoms with E-state index in [2.05, 4.69) is 0 Å². The molecule has 1 saturated carbocycles. The van der Waals surface area contributed by atoms with Gasteiger partial charge in [-0.1, -0.05) is 48.0 Å². The lowest BCUT2D eigenvalue weighted by atomic mass is 9.83. The highest BCUT2D eigenvalue weighted by molar-refractivity contribution is 6.31. The van der Waals surface area contributed by atoms with Gasteiger partial charge >= 0.3 is 0 Å². The number of hydrogen-bond donors (Lipinski definition) is 1. The number of ether oxygens (including phenoxy) is 2. The van der Waals surface area contributed by atoms with Gasteiger partial charge in [-0.2, -0.15) is 0 Å². The minimum Gasteiger partial charge on any atom is -0.491 e. The topological polar surface area (TPSA) is 59.0 Å². The first kappa shape index (κ1) is 24.1. The molecule has 1 saturated heterocycles. The van der Waals surface area contributed by atoms with Crippen LogP contribution in [0.1, 0.15) is 50.2 Å². The van der Waals surface area contributed by atoms with Crippen molar-refractivity contribution in [2.75, 3.05) is 19.8 Å². The Labute approximate surface area is 201 Å². The lowest BCUT2D eigenvalue weighted by Gasteiger charge is -2.37. The quantitative estimate of drug-likeness (QED) is 0.521. The van der Waals surface area contributed by atoms with Crippen molar-refractivity contribution < 1.29 is 19.4 Å². The number of benzene rings is 2. The lowest BCUT2D eigenvalue weighted by Crippen LogP contribution is -2.43. The zero-order valence-electron chi connectivity index (χ0n) is 19.3. The fourth-order valence-electron chi connectivity index (χ4n) is 4.88. The van der Waals surface area contributed by atoms with Gasteiger partial charge in [0.1, 0.15) is 12.4 Å². The molecule has 2 aliphatic rings. The summed E-state index contributed by atoms with van der Waals surface area (Å²) in [5, 5.41) is 10.8. The van der Waals surface area contributed by atoms with E-state index in [-0.39, 0.29) is 17.9 Å². The minimum absolute atomic E-state index is 0.0249. The maximum Gasteiger partial charge on any atom is 0.226 e. The smallest absolute Gasteiger partial charge is 0.226 e. The van der Waals surface area contributed by atoms with Gasteiger partial charge in [-0.15, -0.1) is 0 Å². The average Bonchev–Trinajstić information content (AvgIpc) is 3.16. The van der Waals surface area contributed by atoms with Crippen molar-refractivity contribution in [2.24, 2.45) is 5.92 Å². The van der Waals surface area contributed by atoms with E-state index in [1.54, 1.807) is 0 Å². The van der Waals surface area contributed by atoms with Gasteiger partial charge in [0.2, 0.25) is 5.91 Å². The standard InChI is InChI=1S/C27H34ClNO4/c1-27(31)12-9-23(10-13-27)29-14-11-22(26(29)30)17-21-7-8-24(18-25(21)28)33-16-15-32-19-20-5-3-2-4-6-20/h2-8,18,22-23,31H,9-17,19H2,1H3. The highest BCUT2D eigenvalue weighted by atomic mass is 35.5. The van der Waals surface area contributed by atoms with Crippen LogP contribution in [-0.4, -0.2) is 47.3 Å². The molecular weight excluding hydrogens is 438 g/mol. The van der Waals surface area contributed by atoms with Gasteiger partial charge in [-0.25, -0.2) is 0 Å². The number of aliphatic hydroxyl groups is 1. The van der Waals surface area contributed by atoms with E-state index < -0.39 is 5.60 Å². The van der Waals surface area contributed by atoms with Crippen molar-refractivity contribution in [3.05, 3.63) is 64.7 Å². The van der Waals surface area contributed by atoms with Gasteiger partial charge < -0.3 is 19.5 Å². The van der Waals surface area contributed by atoms with Crippen molar-refractivity contribution in [2.45, 2.75) is 63.7 Å². The number of nitrogens with zero attached hydrogens (tertiary/aromatic N) is 1. The van der Waals surface area contributed by atoms with E-state index in [1.165, 1.54) is 0 Å². The van der Waals surface area contributed by atoms with Gasteiger partial charge in [0, 0.05) is 23.5 Å². The maximum absolute atomic E-state index is 13.0. The molecule has 6 heteroatoms. The van der Waals surface area contributed by atoms with Gasteiger partial charge in [-0.3, -0.25) is 4.79 Å². The van der Waals surface area contributed by atoms with Crippen molar-refractivity contribution in [1.82, 2.24) is 4.90 Å². The molecule has 1 atom stereocenters. The van der Waals surface area contributed by atoms with Crippen molar-refractivity contribution in [3.63, 3.8) is 0 Å². The predicted molar refractivity (Wildman–Crippen MR) is 129 cm³/mol. The Balaban J connectivity index is 1.22. The van der Waals surface area contributed by atoms with Crippen LogP contribution in [0.25, 0.3) is 0 Å². The van der Waals surface area contributed by atoms with E-state index >= 15 is 0 Å². The van der Waals surface area contributed by atoms with Gasteiger partial charge in [0.15, 0.2) is 0 Å². The van der Waals surface area contributed by atoms with Crippen LogP contribution >= 0.6 is 11.6 Å². The first-order valence-corrected chi connectivity index (χ1v) is 12.3. The van der Waals surface area contributed by atoms with Crippen LogP contribution in [-0.2, 0) is 22.6 Å². The molecule has 1 N–H and O–H groups in total. The second-order valence-electron chi connectivity index (χ2n) is 9.59. The molecule has 1 unspecified atom stereocenters. The predicted octanol–water partition coefficient (Wildman–Crippen LogP) is 5.02. The molecule has 2 aromatic carbocycles. The Morgan fingerprint density at radius 3 is 2.58 bits per heavy atom. The third-order valence-electron chi connectivity index (χ3n) is 6.92. The summed E-state index contributed by atoms with van der Waals surface area (Å²) in [6, 6.07) is 16.0. The molecule has 1 amide bonds. The van der Waals surface area contributed by atoms with Gasteiger partial charge in [0.25, 0.3) is 0 Å². The molecular formula is C27H34ClNO4. The Bertz CT molecular complexity index is 923. The zero-order chi connectivity index (χ0) is 23.3. The van der Waals surface area contributed by atoms with Crippen molar-refractivity contribution >= 4 is 17.5 Å². The molecule has 2 aromatic rings. The maximum atomic E-state index is 13.0. The first-order chi connectivity index (χ1) is 15.9. The summed E-state index contributed by atoms with van der Waals surface area (Å²) < 4.78 is 11.4.